The average Bonchev–Trinajstić information content (AvgIpc) is 3.09. The minimum absolute atomic E-state index is 0.446. The summed E-state index contributed by atoms with van der Waals surface area (Å²) in [5.74, 6) is 1.28. The highest BCUT2D eigenvalue weighted by Crippen LogP contribution is 2.38. The van der Waals surface area contributed by atoms with Crippen molar-refractivity contribution < 1.29 is 4.74 Å². The Morgan fingerprint density at radius 2 is 2.33 bits per heavy atom. The molecule has 1 heterocycles. The van der Waals surface area contributed by atoms with E-state index in [0.717, 1.165) is 24.4 Å². The van der Waals surface area contributed by atoms with Gasteiger partial charge in [0, 0.05) is 12.5 Å². The first-order valence-electron chi connectivity index (χ1n) is 5.19. The molecule has 0 aromatic carbocycles. The highest BCUT2D eigenvalue weighted by Gasteiger charge is 2.27. The van der Waals surface area contributed by atoms with Crippen LogP contribution in [0.1, 0.15) is 42.9 Å². The Morgan fingerprint density at radius 3 is 2.93 bits per heavy atom. The van der Waals surface area contributed by atoms with Crippen molar-refractivity contribution in [3.63, 3.8) is 0 Å². The summed E-state index contributed by atoms with van der Waals surface area (Å²) in [4.78, 5) is 8.59. The zero-order chi connectivity index (χ0) is 10.7. The van der Waals surface area contributed by atoms with Crippen LogP contribution in [0.2, 0.25) is 0 Å². The quantitative estimate of drug-likeness (QED) is 0.748. The third kappa shape index (κ3) is 2.51. The summed E-state index contributed by atoms with van der Waals surface area (Å²) in [5.41, 5.74) is 1.26. The molecule has 1 aromatic heterocycles. The molecule has 1 aromatic rings. The molecule has 0 unspecified atom stereocenters. The van der Waals surface area contributed by atoms with Crippen molar-refractivity contribution in [1.82, 2.24) is 9.97 Å². The van der Waals surface area contributed by atoms with Gasteiger partial charge in [-0.25, -0.2) is 9.97 Å². The lowest BCUT2D eigenvalue weighted by Crippen LogP contribution is -2.02. The summed E-state index contributed by atoms with van der Waals surface area (Å²) < 4.78 is 5.27. The summed E-state index contributed by atoms with van der Waals surface area (Å²) in [6.07, 6.45) is 2.28. The number of hydrogen-bond acceptors (Lipinski definition) is 4. The molecule has 15 heavy (non-hydrogen) atoms. The topological polar surface area (TPSA) is 58.8 Å². The van der Waals surface area contributed by atoms with Gasteiger partial charge in [0.2, 0.25) is 0 Å². The molecule has 0 amide bonds. The molecule has 1 saturated carbocycles. The molecular weight excluding hydrogens is 190 g/mol. The molecule has 0 atom stereocenters. The molecule has 0 spiro atoms. The van der Waals surface area contributed by atoms with Crippen molar-refractivity contribution in [3.8, 4) is 6.07 Å². The van der Waals surface area contributed by atoms with E-state index in [-0.39, 0.29) is 0 Å². The monoisotopic (exact) mass is 203 g/mol. The van der Waals surface area contributed by atoms with Crippen molar-refractivity contribution >= 4 is 0 Å². The molecule has 2 rings (SSSR count). The maximum Gasteiger partial charge on any atom is 0.144 e. The fourth-order valence-electron chi connectivity index (χ4n) is 1.38. The standard InChI is InChI=1S/C11H13N3O/c1-2-15-7-10-5-9(6-12)13-11(14-10)8-3-4-8/h5,8H,2-4,7H2,1H3. The van der Waals surface area contributed by atoms with Gasteiger partial charge >= 0.3 is 0 Å². The maximum atomic E-state index is 8.83. The first-order valence-corrected chi connectivity index (χ1v) is 5.19. The Kier molecular flexibility index (Phi) is 2.93. The van der Waals surface area contributed by atoms with Crippen LogP contribution in [0.5, 0.6) is 0 Å². The first-order chi connectivity index (χ1) is 7.33. The molecule has 78 valence electrons. The van der Waals surface area contributed by atoms with Crippen molar-refractivity contribution in [3.05, 3.63) is 23.3 Å². The number of ether oxygens (including phenoxy) is 1. The van der Waals surface area contributed by atoms with Gasteiger partial charge in [0.25, 0.3) is 0 Å². The van der Waals surface area contributed by atoms with Gasteiger partial charge in [-0.05, 0) is 25.8 Å². The molecule has 0 N–H and O–H groups in total. The summed E-state index contributed by atoms with van der Waals surface area (Å²) >= 11 is 0. The van der Waals surface area contributed by atoms with Gasteiger partial charge in [-0.15, -0.1) is 0 Å². The zero-order valence-corrected chi connectivity index (χ0v) is 8.73. The summed E-state index contributed by atoms with van der Waals surface area (Å²) in [6.45, 7) is 3.06. The number of aromatic nitrogens is 2. The fourth-order valence-corrected chi connectivity index (χ4v) is 1.38. The van der Waals surface area contributed by atoms with Crippen LogP contribution in [0.3, 0.4) is 0 Å². The van der Waals surface area contributed by atoms with Crippen LogP contribution in [0.4, 0.5) is 0 Å². The second kappa shape index (κ2) is 4.37. The van der Waals surface area contributed by atoms with Gasteiger partial charge < -0.3 is 4.74 Å². The molecule has 0 bridgehead atoms. The molecule has 4 heteroatoms. The second-order valence-corrected chi connectivity index (χ2v) is 3.63. The number of nitriles is 1. The molecule has 1 aliphatic rings. The van der Waals surface area contributed by atoms with Crippen molar-refractivity contribution in [2.75, 3.05) is 6.61 Å². The summed E-state index contributed by atoms with van der Waals surface area (Å²) in [6, 6.07) is 3.76. The Balaban J connectivity index is 2.21. The molecule has 0 aliphatic heterocycles. The lowest BCUT2D eigenvalue weighted by atomic mass is 10.3. The van der Waals surface area contributed by atoms with E-state index >= 15 is 0 Å². The largest absolute Gasteiger partial charge is 0.375 e. The van der Waals surface area contributed by atoms with Crippen molar-refractivity contribution in [2.24, 2.45) is 0 Å². The highest BCUT2D eigenvalue weighted by atomic mass is 16.5. The van der Waals surface area contributed by atoms with Crippen LogP contribution in [-0.4, -0.2) is 16.6 Å². The Bertz CT molecular complexity index is 393. The van der Waals surface area contributed by atoms with E-state index in [1.807, 2.05) is 6.92 Å². The van der Waals surface area contributed by atoms with E-state index in [1.165, 1.54) is 0 Å². The summed E-state index contributed by atoms with van der Waals surface area (Å²) in [7, 11) is 0. The lowest BCUT2D eigenvalue weighted by Gasteiger charge is -2.03. The second-order valence-electron chi connectivity index (χ2n) is 3.63. The maximum absolute atomic E-state index is 8.83. The zero-order valence-electron chi connectivity index (χ0n) is 8.73. The number of rotatable bonds is 4. The van der Waals surface area contributed by atoms with Gasteiger partial charge in [0.1, 0.15) is 17.6 Å². The smallest absolute Gasteiger partial charge is 0.144 e. The van der Waals surface area contributed by atoms with E-state index in [4.69, 9.17) is 10.00 Å². The average molecular weight is 203 g/mol. The first kappa shape index (κ1) is 10.1. The van der Waals surface area contributed by atoms with Gasteiger partial charge in [0.15, 0.2) is 0 Å². The van der Waals surface area contributed by atoms with E-state index in [0.29, 0.717) is 24.8 Å². The minimum Gasteiger partial charge on any atom is -0.375 e. The normalized spacial score (nSPS) is 14.9. The Morgan fingerprint density at radius 1 is 1.53 bits per heavy atom. The molecular formula is C11H13N3O. The summed E-state index contributed by atoms with van der Waals surface area (Å²) in [5, 5.41) is 8.83. The van der Waals surface area contributed by atoms with E-state index in [2.05, 4.69) is 16.0 Å². The van der Waals surface area contributed by atoms with Crippen LogP contribution in [0.15, 0.2) is 6.07 Å². The van der Waals surface area contributed by atoms with E-state index in [9.17, 15) is 0 Å². The fraction of sp³-hybridized carbons (Fsp3) is 0.545. The minimum atomic E-state index is 0.446. The molecule has 1 aliphatic carbocycles. The molecule has 1 fully saturated rings. The highest BCUT2D eigenvalue weighted by molar-refractivity contribution is 5.24. The lowest BCUT2D eigenvalue weighted by molar-refractivity contribution is 0.131. The van der Waals surface area contributed by atoms with Gasteiger partial charge in [0.05, 0.1) is 12.3 Å². The van der Waals surface area contributed by atoms with Crippen molar-refractivity contribution in [2.45, 2.75) is 32.3 Å². The Labute approximate surface area is 88.9 Å². The van der Waals surface area contributed by atoms with Gasteiger partial charge in [-0.2, -0.15) is 5.26 Å². The van der Waals surface area contributed by atoms with Crippen LogP contribution in [0, 0.1) is 11.3 Å². The predicted molar refractivity (Wildman–Crippen MR) is 54.1 cm³/mol. The third-order valence-corrected chi connectivity index (χ3v) is 2.31. The molecule has 0 saturated heterocycles. The van der Waals surface area contributed by atoms with Gasteiger partial charge in [-0.1, -0.05) is 0 Å². The SMILES string of the molecule is CCOCc1cc(C#N)nc(C2CC2)n1. The van der Waals surface area contributed by atoms with Crippen LogP contribution >= 0.6 is 0 Å². The predicted octanol–water partition coefficient (Wildman–Crippen LogP) is 1.76. The van der Waals surface area contributed by atoms with Crippen molar-refractivity contribution in [1.29, 1.82) is 5.26 Å². The number of nitrogens with zero attached hydrogens (tertiary/aromatic N) is 3. The van der Waals surface area contributed by atoms with E-state index in [1.54, 1.807) is 6.07 Å². The van der Waals surface area contributed by atoms with Crippen LogP contribution in [0.25, 0.3) is 0 Å². The van der Waals surface area contributed by atoms with Crippen LogP contribution in [-0.2, 0) is 11.3 Å². The number of hydrogen-bond donors (Lipinski definition) is 0. The molecule has 4 nitrogen and oxygen atoms in total. The van der Waals surface area contributed by atoms with E-state index < -0.39 is 0 Å². The Hall–Kier alpha value is -1.47. The molecule has 0 radical (unpaired) electrons. The third-order valence-electron chi connectivity index (χ3n) is 2.31. The van der Waals surface area contributed by atoms with Crippen LogP contribution < -0.4 is 0 Å². The van der Waals surface area contributed by atoms with Gasteiger partial charge in [-0.3, -0.25) is 0 Å².